The predicted molar refractivity (Wildman–Crippen MR) is 75.4 cm³/mol. The zero-order chi connectivity index (χ0) is 13.8. The molecule has 1 fully saturated rings. The van der Waals surface area contributed by atoms with Gasteiger partial charge >= 0.3 is 0 Å². The van der Waals surface area contributed by atoms with Crippen LogP contribution in [-0.2, 0) is 4.79 Å². The fourth-order valence-electron chi connectivity index (χ4n) is 2.37. The highest BCUT2D eigenvalue weighted by Crippen LogP contribution is 2.29. The summed E-state index contributed by atoms with van der Waals surface area (Å²) in [5, 5.41) is 16.2. The molecule has 104 valence electrons. The summed E-state index contributed by atoms with van der Waals surface area (Å²) in [6.45, 7) is 6.68. The summed E-state index contributed by atoms with van der Waals surface area (Å²) in [5.41, 5.74) is 1.77. The summed E-state index contributed by atoms with van der Waals surface area (Å²) < 4.78 is 0. The Morgan fingerprint density at radius 1 is 1.53 bits per heavy atom. The van der Waals surface area contributed by atoms with Crippen LogP contribution in [0.4, 0.5) is 5.69 Å². The number of phenolic OH excluding ortho intramolecular Hbond substituents is 1. The van der Waals surface area contributed by atoms with E-state index in [9.17, 15) is 9.90 Å². The molecule has 1 atom stereocenters. The lowest BCUT2D eigenvalue weighted by molar-refractivity contribution is -0.120. The molecule has 1 aliphatic rings. The van der Waals surface area contributed by atoms with Gasteiger partial charge in [-0.05, 0) is 19.5 Å². The molecule has 1 saturated heterocycles. The van der Waals surface area contributed by atoms with Gasteiger partial charge in [0.25, 0.3) is 0 Å². The standard InChI is InChI=1S/C14H21N3O2/c1-3-15-10(2)12-5-4-11(8-13(12)18)17-7-6-16-14(19)9-17/h4-5,8,10,15,18H,3,6-7,9H2,1-2H3,(H,16,19). The average Bonchev–Trinajstić information content (AvgIpc) is 2.38. The first-order valence-electron chi connectivity index (χ1n) is 6.69. The summed E-state index contributed by atoms with van der Waals surface area (Å²) in [6, 6.07) is 5.73. The summed E-state index contributed by atoms with van der Waals surface area (Å²) in [7, 11) is 0. The van der Waals surface area contributed by atoms with Crippen molar-refractivity contribution in [3.8, 4) is 5.75 Å². The molecule has 1 amide bonds. The largest absolute Gasteiger partial charge is 0.508 e. The maximum Gasteiger partial charge on any atom is 0.239 e. The first-order chi connectivity index (χ1) is 9.11. The summed E-state index contributed by atoms with van der Waals surface area (Å²) in [4.78, 5) is 13.3. The van der Waals surface area contributed by atoms with E-state index in [-0.39, 0.29) is 17.7 Å². The molecule has 0 saturated carbocycles. The molecule has 0 bridgehead atoms. The van der Waals surface area contributed by atoms with Gasteiger partial charge in [0.05, 0.1) is 6.54 Å². The molecule has 1 unspecified atom stereocenters. The van der Waals surface area contributed by atoms with Crippen molar-refractivity contribution in [1.82, 2.24) is 10.6 Å². The summed E-state index contributed by atoms with van der Waals surface area (Å²) >= 11 is 0. The molecule has 5 heteroatoms. The molecule has 0 spiro atoms. The Morgan fingerprint density at radius 3 is 2.95 bits per heavy atom. The number of carbonyl (C=O) groups excluding carboxylic acids is 1. The van der Waals surface area contributed by atoms with Crippen molar-refractivity contribution in [3.05, 3.63) is 23.8 Å². The van der Waals surface area contributed by atoms with Crippen LogP contribution >= 0.6 is 0 Å². The van der Waals surface area contributed by atoms with Crippen molar-refractivity contribution in [3.63, 3.8) is 0 Å². The van der Waals surface area contributed by atoms with Crippen molar-refractivity contribution in [2.45, 2.75) is 19.9 Å². The molecule has 5 nitrogen and oxygen atoms in total. The number of nitrogens with one attached hydrogen (secondary N) is 2. The smallest absolute Gasteiger partial charge is 0.239 e. The number of hydrogen-bond donors (Lipinski definition) is 3. The minimum atomic E-state index is 0.0239. The fourth-order valence-corrected chi connectivity index (χ4v) is 2.37. The van der Waals surface area contributed by atoms with E-state index in [0.717, 1.165) is 24.3 Å². The zero-order valence-electron chi connectivity index (χ0n) is 11.4. The van der Waals surface area contributed by atoms with Crippen LogP contribution in [0.1, 0.15) is 25.5 Å². The lowest BCUT2D eigenvalue weighted by atomic mass is 10.1. The lowest BCUT2D eigenvalue weighted by Crippen LogP contribution is -2.47. The topological polar surface area (TPSA) is 64.6 Å². The molecule has 1 aromatic carbocycles. The molecule has 0 aliphatic carbocycles. The van der Waals surface area contributed by atoms with Crippen LogP contribution in [-0.4, -0.2) is 37.2 Å². The van der Waals surface area contributed by atoms with Crippen LogP contribution in [0.5, 0.6) is 5.75 Å². The number of anilines is 1. The summed E-state index contributed by atoms with van der Waals surface area (Å²) in [6.07, 6.45) is 0. The highest BCUT2D eigenvalue weighted by molar-refractivity contribution is 5.82. The second-order valence-electron chi connectivity index (χ2n) is 4.79. The Bertz CT molecular complexity index is 462. The number of phenols is 1. The highest BCUT2D eigenvalue weighted by Gasteiger charge is 2.18. The molecular weight excluding hydrogens is 242 g/mol. The minimum Gasteiger partial charge on any atom is -0.508 e. The van der Waals surface area contributed by atoms with E-state index in [1.54, 1.807) is 6.07 Å². The quantitative estimate of drug-likeness (QED) is 0.758. The first-order valence-corrected chi connectivity index (χ1v) is 6.69. The van der Waals surface area contributed by atoms with Gasteiger partial charge in [0.1, 0.15) is 5.75 Å². The van der Waals surface area contributed by atoms with Gasteiger partial charge in [-0.25, -0.2) is 0 Å². The van der Waals surface area contributed by atoms with E-state index < -0.39 is 0 Å². The van der Waals surface area contributed by atoms with Gasteiger partial charge in [-0.15, -0.1) is 0 Å². The molecule has 0 radical (unpaired) electrons. The van der Waals surface area contributed by atoms with Gasteiger partial charge in [-0.1, -0.05) is 13.0 Å². The zero-order valence-corrected chi connectivity index (χ0v) is 11.4. The number of rotatable bonds is 4. The van der Waals surface area contributed by atoms with Crippen LogP contribution in [0.15, 0.2) is 18.2 Å². The maximum absolute atomic E-state index is 11.4. The highest BCUT2D eigenvalue weighted by atomic mass is 16.3. The Morgan fingerprint density at radius 2 is 2.32 bits per heavy atom. The van der Waals surface area contributed by atoms with E-state index in [1.807, 2.05) is 30.9 Å². The van der Waals surface area contributed by atoms with Crippen LogP contribution in [0.3, 0.4) is 0 Å². The Kier molecular flexibility index (Phi) is 4.27. The third-order valence-electron chi connectivity index (χ3n) is 3.39. The van der Waals surface area contributed by atoms with E-state index in [1.165, 1.54) is 0 Å². The monoisotopic (exact) mass is 263 g/mol. The molecular formula is C14H21N3O2. The van der Waals surface area contributed by atoms with Crippen LogP contribution in [0, 0.1) is 0 Å². The molecule has 0 aromatic heterocycles. The molecule has 1 heterocycles. The second kappa shape index (κ2) is 5.93. The number of benzene rings is 1. The third-order valence-corrected chi connectivity index (χ3v) is 3.39. The maximum atomic E-state index is 11.4. The van der Waals surface area contributed by atoms with Crippen LogP contribution in [0.2, 0.25) is 0 Å². The molecule has 1 aromatic rings. The SMILES string of the molecule is CCNC(C)c1ccc(N2CCNC(=O)C2)cc1O. The Hall–Kier alpha value is -1.75. The summed E-state index contributed by atoms with van der Waals surface area (Å²) in [5.74, 6) is 0.299. The van der Waals surface area contributed by atoms with Crippen LogP contribution in [0.25, 0.3) is 0 Å². The van der Waals surface area contributed by atoms with Gasteiger partial charge in [0, 0.05) is 36.4 Å². The van der Waals surface area contributed by atoms with E-state index in [2.05, 4.69) is 10.6 Å². The Balaban J connectivity index is 2.16. The van der Waals surface area contributed by atoms with Gasteiger partial charge in [0.2, 0.25) is 5.91 Å². The van der Waals surface area contributed by atoms with Gasteiger partial charge in [0.15, 0.2) is 0 Å². The van der Waals surface area contributed by atoms with Gasteiger partial charge in [-0.2, -0.15) is 0 Å². The number of aromatic hydroxyl groups is 1. The van der Waals surface area contributed by atoms with E-state index in [4.69, 9.17) is 0 Å². The number of piperazine rings is 1. The van der Waals surface area contributed by atoms with Crippen LogP contribution < -0.4 is 15.5 Å². The average molecular weight is 263 g/mol. The second-order valence-corrected chi connectivity index (χ2v) is 4.79. The Labute approximate surface area is 113 Å². The predicted octanol–water partition coefficient (Wildman–Crippen LogP) is 0.999. The number of amides is 1. The number of hydrogen-bond acceptors (Lipinski definition) is 4. The van der Waals surface area contributed by atoms with Crippen molar-refractivity contribution in [2.75, 3.05) is 31.1 Å². The number of nitrogens with zero attached hydrogens (tertiary/aromatic N) is 1. The van der Waals surface area contributed by atoms with Crippen molar-refractivity contribution in [1.29, 1.82) is 0 Å². The third kappa shape index (κ3) is 3.17. The van der Waals surface area contributed by atoms with Crippen molar-refractivity contribution in [2.24, 2.45) is 0 Å². The van der Waals surface area contributed by atoms with Gasteiger partial charge < -0.3 is 20.6 Å². The normalized spacial score (nSPS) is 17.2. The van der Waals surface area contributed by atoms with Crippen molar-refractivity contribution >= 4 is 11.6 Å². The van der Waals surface area contributed by atoms with Crippen molar-refractivity contribution < 1.29 is 9.90 Å². The van der Waals surface area contributed by atoms with E-state index >= 15 is 0 Å². The molecule has 1 aliphatic heterocycles. The lowest BCUT2D eigenvalue weighted by Gasteiger charge is -2.29. The molecule has 2 rings (SSSR count). The minimum absolute atomic E-state index is 0.0239. The fraction of sp³-hybridized carbons (Fsp3) is 0.500. The molecule has 3 N–H and O–H groups in total. The van der Waals surface area contributed by atoms with Gasteiger partial charge in [-0.3, -0.25) is 4.79 Å². The first kappa shape index (κ1) is 13.7. The number of carbonyl (C=O) groups is 1. The molecule has 19 heavy (non-hydrogen) atoms. The van der Waals surface area contributed by atoms with E-state index in [0.29, 0.717) is 13.1 Å².